The van der Waals surface area contributed by atoms with Gasteiger partial charge in [0.25, 0.3) is 0 Å². The smallest absolute Gasteiger partial charge is 0.410 e. The number of piperidine rings is 1. The second-order valence-corrected chi connectivity index (χ2v) is 19.1. The Morgan fingerprint density at radius 3 is 1.68 bits per heavy atom. The summed E-state index contributed by atoms with van der Waals surface area (Å²) in [5, 5.41) is 3.13. The van der Waals surface area contributed by atoms with Gasteiger partial charge in [0.15, 0.2) is 0 Å². The zero-order valence-electron chi connectivity index (χ0n) is 37.7. The van der Waals surface area contributed by atoms with Gasteiger partial charge in [0, 0.05) is 45.6 Å². The SMILES string of the molecule is C=Cc1ccc(C(CC(=O)N2C[C@H](OC(C)(C)C)C[C@H]2C(=O)N2CCCC2C(=O)NC[C@H]2CCCN(C(=O)OC(C)(C)C)C2)(c2ccc(C=C)cc2)c2ccc(C=C)cc2)cc1. The summed E-state index contributed by atoms with van der Waals surface area (Å²) >= 11 is 0. The maximum absolute atomic E-state index is 15.4. The standard InChI is InChI=1S/C52H66N4O6/c1-10-36-17-23-40(24-18-36)52(41-25-19-37(11-2)20-26-41,42-27-21-38(12-3)22-28-42)32-46(57)56-35-43(61-50(4,5)6)31-45(56)48(59)55-30-14-16-44(55)47(58)53-33-39-15-13-29-54(34-39)49(60)62-51(7,8)9/h10-12,17-28,39,43-45H,1-3,13-16,29-35H2,4-9H3,(H,53,58)/t39-,43-,44?,45+/m1/s1. The third-order valence-electron chi connectivity index (χ3n) is 12.3. The first-order valence-electron chi connectivity index (χ1n) is 22.2. The van der Waals surface area contributed by atoms with E-state index >= 15 is 4.79 Å². The number of ether oxygens (including phenoxy) is 2. The Bertz CT molecular complexity index is 1970. The second kappa shape index (κ2) is 19.3. The van der Waals surface area contributed by atoms with Gasteiger partial charge < -0.3 is 29.5 Å². The predicted molar refractivity (Wildman–Crippen MR) is 247 cm³/mol. The fourth-order valence-corrected chi connectivity index (χ4v) is 9.32. The van der Waals surface area contributed by atoms with Crippen LogP contribution in [0.1, 0.15) is 113 Å². The van der Waals surface area contributed by atoms with Gasteiger partial charge in [-0.2, -0.15) is 0 Å². The number of rotatable bonds is 13. The summed E-state index contributed by atoms with van der Waals surface area (Å²) in [5.41, 5.74) is 3.56. The molecule has 1 N–H and O–H groups in total. The molecule has 10 heteroatoms. The van der Waals surface area contributed by atoms with Crippen LogP contribution in [-0.2, 0) is 29.3 Å². The van der Waals surface area contributed by atoms with Crippen molar-refractivity contribution in [2.45, 2.75) is 115 Å². The minimum absolute atomic E-state index is 0.0267. The molecule has 3 aromatic carbocycles. The molecule has 62 heavy (non-hydrogen) atoms. The molecule has 1 unspecified atom stereocenters. The van der Waals surface area contributed by atoms with E-state index in [1.807, 2.05) is 77.9 Å². The summed E-state index contributed by atoms with van der Waals surface area (Å²) in [6, 6.07) is 22.9. The van der Waals surface area contributed by atoms with Crippen molar-refractivity contribution in [3.63, 3.8) is 0 Å². The largest absolute Gasteiger partial charge is 0.444 e. The van der Waals surface area contributed by atoms with Crippen molar-refractivity contribution in [1.82, 2.24) is 20.0 Å². The lowest BCUT2D eigenvalue weighted by Crippen LogP contribution is -2.54. The molecule has 3 heterocycles. The van der Waals surface area contributed by atoms with E-state index in [-0.39, 0.29) is 48.8 Å². The van der Waals surface area contributed by atoms with Crippen LogP contribution in [0.3, 0.4) is 0 Å². The van der Waals surface area contributed by atoms with Crippen molar-refractivity contribution in [1.29, 1.82) is 0 Å². The van der Waals surface area contributed by atoms with Crippen molar-refractivity contribution in [2.75, 3.05) is 32.7 Å². The molecule has 4 atom stereocenters. The van der Waals surface area contributed by atoms with Crippen LogP contribution in [0.4, 0.5) is 4.79 Å². The maximum atomic E-state index is 15.4. The lowest BCUT2D eigenvalue weighted by atomic mass is 9.66. The highest BCUT2D eigenvalue weighted by molar-refractivity contribution is 5.93. The number of carbonyl (C=O) groups is 4. The molecule has 0 aliphatic carbocycles. The fraction of sp³-hybridized carbons (Fsp3) is 0.462. The Morgan fingerprint density at radius 1 is 0.677 bits per heavy atom. The van der Waals surface area contributed by atoms with Crippen LogP contribution >= 0.6 is 0 Å². The van der Waals surface area contributed by atoms with Crippen LogP contribution in [0.25, 0.3) is 18.2 Å². The molecule has 3 aliphatic heterocycles. The maximum Gasteiger partial charge on any atom is 0.410 e. The highest BCUT2D eigenvalue weighted by Crippen LogP contribution is 2.44. The monoisotopic (exact) mass is 842 g/mol. The number of benzene rings is 3. The van der Waals surface area contributed by atoms with E-state index in [2.05, 4.69) is 61.5 Å². The van der Waals surface area contributed by atoms with Crippen molar-refractivity contribution < 1.29 is 28.7 Å². The van der Waals surface area contributed by atoms with Gasteiger partial charge in [0.2, 0.25) is 17.7 Å². The molecule has 0 saturated carbocycles. The van der Waals surface area contributed by atoms with Crippen LogP contribution in [0.2, 0.25) is 0 Å². The van der Waals surface area contributed by atoms with E-state index in [4.69, 9.17) is 9.47 Å². The Morgan fingerprint density at radius 2 is 1.19 bits per heavy atom. The molecule has 4 amide bonds. The van der Waals surface area contributed by atoms with E-state index in [9.17, 15) is 14.4 Å². The van der Waals surface area contributed by atoms with E-state index in [0.29, 0.717) is 45.4 Å². The average Bonchev–Trinajstić information content (AvgIpc) is 3.92. The second-order valence-electron chi connectivity index (χ2n) is 19.1. The molecule has 0 spiro atoms. The minimum atomic E-state index is -0.957. The molecular weight excluding hydrogens is 777 g/mol. The normalized spacial score (nSPS) is 20.7. The highest BCUT2D eigenvalue weighted by Gasteiger charge is 2.48. The van der Waals surface area contributed by atoms with Crippen molar-refractivity contribution in [3.05, 3.63) is 126 Å². The van der Waals surface area contributed by atoms with Crippen LogP contribution < -0.4 is 5.32 Å². The van der Waals surface area contributed by atoms with E-state index in [0.717, 1.165) is 46.2 Å². The van der Waals surface area contributed by atoms with Gasteiger partial charge >= 0.3 is 6.09 Å². The zero-order valence-corrected chi connectivity index (χ0v) is 37.7. The Hall–Kier alpha value is -5.48. The van der Waals surface area contributed by atoms with Gasteiger partial charge in [-0.05, 0) is 107 Å². The summed E-state index contributed by atoms with van der Waals surface area (Å²) in [5.74, 6) is -0.574. The van der Waals surface area contributed by atoms with Gasteiger partial charge in [0.05, 0.1) is 17.1 Å². The molecule has 330 valence electrons. The van der Waals surface area contributed by atoms with Gasteiger partial charge in [-0.15, -0.1) is 0 Å². The predicted octanol–water partition coefficient (Wildman–Crippen LogP) is 8.88. The summed E-state index contributed by atoms with van der Waals surface area (Å²) in [4.78, 5) is 62.2. The molecule has 0 aromatic heterocycles. The van der Waals surface area contributed by atoms with Gasteiger partial charge in [-0.25, -0.2) is 4.79 Å². The van der Waals surface area contributed by atoms with Crippen molar-refractivity contribution in [3.8, 4) is 0 Å². The molecular formula is C52H66N4O6. The van der Waals surface area contributed by atoms with E-state index in [1.165, 1.54) is 0 Å². The van der Waals surface area contributed by atoms with Gasteiger partial charge in [-0.3, -0.25) is 14.4 Å². The summed E-state index contributed by atoms with van der Waals surface area (Å²) in [6.45, 7) is 25.5. The molecule has 3 aliphatic rings. The average molecular weight is 843 g/mol. The van der Waals surface area contributed by atoms with E-state index in [1.54, 1.807) is 32.9 Å². The molecule has 3 saturated heterocycles. The molecule has 10 nitrogen and oxygen atoms in total. The molecule has 3 fully saturated rings. The minimum Gasteiger partial charge on any atom is -0.444 e. The molecule has 0 bridgehead atoms. The quantitative estimate of drug-likeness (QED) is 0.172. The number of hydrogen-bond donors (Lipinski definition) is 1. The van der Waals surface area contributed by atoms with Crippen LogP contribution in [0.15, 0.2) is 92.5 Å². The first-order valence-corrected chi connectivity index (χ1v) is 22.2. The summed E-state index contributed by atoms with van der Waals surface area (Å²) in [7, 11) is 0. The number of nitrogens with one attached hydrogen (secondary N) is 1. The highest BCUT2D eigenvalue weighted by atomic mass is 16.6. The third-order valence-corrected chi connectivity index (χ3v) is 12.3. The Kier molecular flexibility index (Phi) is 14.3. The van der Waals surface area contributed by atoms with Gasteiger partial charge in [0.1, 0.15) is 17.7 Å². The number of carbonyl (C=O) groups excluding carboxylic acids is 4. The lowest BCUT2D eigenvalue weighted by molar-refractivity contribution is -0.147. The van der Waals surface area contributed by atoms with Crippen LogP contribution in [-0.4, -0.2) is 101 Å². The Balaban J connectivity index is 1.29. The number of likely N-dealkylation sites (tertiary alicyclic amines) is 3. The van der Waals surface area contributed by atoms with Crippen LogP contribution in [0.5, 0.6) is 0 Å². The van der Waals surface area contributed by atoms with Crippen molar-refractivity contribution >= 4 is 42.0 Å². The van der Waals surface area contributed by atoms with Crippen LogP contribution in [0, 0.1) is 5.92 Å². The molecule has 0 radical (unpaired) electrons. The molecule has 6 rings (SSSR count). The van der Waals surface area contributed by atoms with Gasteiger partial charge in [-0.1, -0.05) is 111 Å². The number of nitrogens with zero attached hydrogens (tertiary/aromatic N) is 3. The topological polar surface area (TPSA) is 108 Å². The summed E-state index contributed by atoms with van der Waals surface area (Å²) < 4.78 is 12.1. The summed E-state index contributed by atoms with van der Waals surface area (Å²) in [6.07, 6.45) is 7.90. The first-order chi connectivity index (χ1) is 29.4. The Labute approximate surface area is 369 Å². The fourth-order valence-electron chi connectivity index (χ4n) is 9.32. The third kappa shape index (κ3) is 10.8. The van der Waals surface area contributed by atoms with E-state index < -0.39 is 28.7 Å². The number of amides is 4. The lowest BCUT2D eigenvalue weighted by Gasteiger charge is -2.38. The zero-order chi connectivity index (χ0) is 44.8. The number of hydrogen-bond acceptors (Lipinski definition) is 6. The first kappa shape index (κ1) is 46.0. The van der Waals surface area contributed by atoms with Crippen molar-refractivity contribution in [2.24, 2.45) is 5.92 Å². The molecule has 3 aromatic rings.